The van der Waals surface area contributed by atoms with Crippen LogP contribution in [0, 0.1) is 12.8 Å². The molecule has 1 aromatic heterocycles. The van der Waals surface area contributed by atoms with Crippen molar-refractivity contribution in [3.8, 4) is 0 Å². The van der Waals surface area contributed by atoms with Gasteiger partial charge in [0, 0.05) is 51.0 Å². The van der Waals surface area contributed by atoms with Crippen molar-refractivity contribution < 1.29 is 8.42 Å². The minimum atomic E-state index is -3.07. The zero-order valence-corrected chi connectivity index (χ0v) is 19.3. The van der Waals surface area contributed by atoms with Crippen LogP contribution in [0.2, 0.25) is 0 Å². The van der Waals surface area contributed by atoms with Crippen LogP contribution in [0.15, 0.2) is 23.2 Å². The minimum Gasteiger partial charge on any atom is -0.357 e. The maximum Gasteiger partial charge on any atom is 0.211 e. The van der Waals surface area contributed by atoms with Crippen molar-refractivity contribution in [3.63, 3.8) is 0 Å². The Morgan fingerprint density at radius 3 is 2.47 bits per heavy atom. The number of nitrogens with zero attached hydrogens (tertiary/aromatic N) is 4. The maximum absolute atomic E-state index is 11.7. The summed E-state index contributed by atoms with van der Waals surface area (Å²) < 4.78 is 24.9. The summed E-state index contributed by atoms with van der Waals surface area (Å²) >= 11 is 0. The van der Waals surface area contributed by atoms with E-state index in [-0.39, 0.29) is 0 Å². The molecule has 0 aliphatic carbocycles. The predicted octanol–water partition coefficient (Wildman–Crippen LogP) is 1.59. The summed E-state index contributed by atoms with van der Waals surface area (Å²) in [5.74, 6) is 2.37. The minimum absolute atomic E-state index is 0.399. The average molecular weight is 437 g/mol. The number of pyridine rings is 1. The van der Waals surface area contributed by atoms with Crippen LogP contribution in [0.25, 0.3) is 0 Å². The number of aromatic nitrogens is 1. The summed E-state index contributed by atoms with van der Waals surface area (Å²) in [6, 6.07) is 6.58. The third-order valence-corrected chi connectivity index (χ3v) is 7.23. The zero-order valence-electron chi connectivity index (χ0n) is 18.5. The Bertz CT molecular complexity index is 813. The first-order valence-electron chi connectivity index (χ1n) is 11.0. The lowest BCUT2D eigenvalue weighted by molar-refractivity contribution is 0.280. The van der Waals surface area contributed by atoms with E-state index >= 15 is 0 Å². The summed E-state index contributed by atoms with van der Waals surface area (Å²) in [6.07, 6.45) is 5.13. The molecule has 2 saturated heterocycles. The van der Waals surface area contributed by atoms with Crippen LogP contribution in [0.3, 0.4) is 0 Å². The first kappa shape index (κ1) is 22.8. The maximum atomic E-state index is 11.7. The van der Waals surface area contributed by atoms with Crippen molar-refractivity contribution in [3.05, 3.63) is 23.9 Å². The fourth-order valence-electron chi connectivity index (χ4n) is 4.11. The van der Waals surface area contributed by atoms with Gasteiger partial charge in [-0.3, -0.25) is 4.99 Å². The first-order valence-corrected chi connectivity index (χ1v) is 12.9. The number of rotatable bonds is 6. The van der Waals surface area contributed by atoms with Gasteiger partial charge in [0.15, 0.2) is 5.96 Å². The van der Waals surface area contributed by atoms with E-state index in [1.807, 2.05) is 13.0 Å². The van der Waals surface area contributed by atoms with Crippen molar-refractivity contribution in [2.45, 2.75) is 45.6 Å². The molecule has 8 nitrogen and oxygen atoms in total. The van der Waals surface area contributed by atoms with Gasteiger partial charge in [0.2, 0.25) is 10.0 Å². The Labute approximate surface area is 181 Å². The average Bonchev–Trinajstić information content (AvgIpc) is 2.72. The number of hydrogen-bond acceptors (Lipinski definition) is 5. The number of piperidine rings is 2. The summed E-state index contributed by atoms with van der Waals surface area (Å²) in [4.78, 5) is 11.8. The van der Waals surface area contributed by atoms with Crippen LogP contribution < -0.4 is 15.5 Å². The first-order chi connectivity index (χ1) is 14.3. The summed E-state index contributed by atoms with van der Waals surface area (Å²) in [5.41, 5.74) is 1.05. The Hall–Kier alpha value is -1.87. The molecule has 30 heavy (non-hydrogen) atoms. The van der Waals surface area contributed by atoms with Crippen LogP contribution in [0.5, 0.6) is 0 Å². The molecule has 2 N–H and O–H groups in total. The number of guanidine groups is 1. The van der Waals surface area contributed by atoms with Gasteiger partial charge >= 0.3 is 0 Å². The van der Waals surface area contributed by atoms with Gasteiger partial charge in [-0.15, -0.1) is 0 Å². The molecule has 0 bridgehead atoms. The molecule has 0 saturated carbocycles. The Balaban J connectivity index is 1.47. The molecule has 0 atom stereocenters. The Morgan fingerprint density at radius 2 is 1.87 bits per heavy atom. The van der Waals surface area contributed by atoms with E-state index in [9.17, 15) is 8.42 Å². The lowest BCUT2D eigenvalue weighted by Gasteiger charge is -2.34. The van der Waals surface area contributed by atoms with Crippen LogP contribution in [0.4, 0.5) is 5.82 Å². The number of nitrogens with one attached hydrogen (secondary N) is 2. The normalized spacial score (nSPS) is 20.4. The SMILES string of the molecule is CCNC(=NCC1CCN(S(C)(=O)=O)CC1)NC1CCN(c2cccc(C)n2)CC1. The summed E-state index contributed by atoms with van der Waals surface area (Å²) in [7, 11) is -3.07. The molecule has 0 aromatic carbocycles. The molecular formula is C21H36N6O2S. The molecule has 2 aliphatic rings. The monoisotopic (exact) mass is 436 g/mol. The van der Waals surface area contributed by atoms with E-state index in [1.165, 1.54) is 6.26 Å². The fraction of sp³-hybridized carbons (Fsp3) is 0.714. The van der Waals surface area contributed by atoms with E-state index in [2.05, 4.69) is 39.6 Å². The van der Waals surface area contributed by atoms with E-state index in [0.717, 1.165) is 69.3 Å². The Kier molecular flexibility index (Phi) is 7.93. The van der Waals surface area contributed by atoms with E-state index in [1.54, 1.807) is 4.31 Å². The van der Waals surface area contributed by atoms with Gasteiger partial charge < -0.3 is 15.5 Å². The van der Waals surface area contributed by atoms with Gasteiger partial charge in [-0.1, -0.05) is 6.07 Å². The van der Waals surface area contributed by atoms with E-state index in [4.69, 9.17) is 4.99 Å². The Morgan fingerprint density at radius 1 is 1.17 bits per heavy atom. The molecule has 168 valence electrons. The molecule has 2 aliphatic heterocycles. The molecule has 2 fully saturated rings. The van der Waals surface area contributed by atoms with Crippen LogP contribution >= 0.6 is 0 Å². The molecule has 3 heterocycles. The second-order valence-electron chi connectivity index (χ2n) is 8.37. The van der Waals surface area contributed by atoms with Gasteiger partial charge in [-0.05, 0) is 57.6 Å². The number of hydrogen-bond donors (Lipinski definition) is 2. The smallest absolute Gasteiger partial charge is 0.211 e. The third kappa shape index (κ3) is 6.57. The van der Waals surface area contributed by atoms with Gasteiger partial charge in [-0.2, -0.15) is 0 Å². The molecule has 0 spiro atoms. The highest BCUT2D eigenvalue weighted by molar-refractivity contribution is 7.88. The van der Waals surface area contributed by atoms with Crippen molar-refractivity contribution >= 4 is 21.8 Å². The second kappa shape index (κ2) is 10.4. The van der Waals surface area contributed by atoms with Crippen LogP contribution in [-0.4, -0.2) is 75.2 Å². The second-order valence-corrected chi connectivity index (χ2v) is 10.4. The van der Waals surface area contributed by atoms with Gasteiger partial charge in [0.25, 0.3) is 0 Å². The largest absolute Gasteiger partial charge is 0.357 e. The van der Waals surface area contributed by atoms with Crippen molar-refractivity contribution in [1.29, 1.82) is 0 Å². The highest BCUT2D eigenvalue weighted by atomic mass is 32.2. The van der Waals surface area contributed by atoms with Crippen molar-refractivity contribution in [1.82, 2.24) is 19.9 Å². The number of aryl methyl sites for hydroxylation is 1. The molecule has 0 radical (unpaired) electrons. The summed E-state index contributed by atoms with van der Waals surface area (Å²) in [5, 5.41) is 6.96. The molecular weight excluding hydrogens is 400 g/mol. The van der Waals surface area contributed by atoms with Crippen LogP contribution in [-0.2, 0) is 10.0 Å². The lowest BCUT2D eigenvalue weighted by atomic mass is 9.98. The lowest BCUT2D eigenvalue weighted by Crippen LogP contribution is -2.49. The molecule has 1 aromatic rings. The summed E-state index contributed by atoms with van der Waals surface area (Å²) in [6.45, 7) is 8.84. The van der Waals surface area contributed by atoms with Crippen molar-refractivity contribution in [2.75, 3.05) is 50.4 Å². The quantitative estimate of drug-likeness (QED) is 0.520. The van der Waals surface area contributed by atoms with Gasteiger partial charge in [0.1, 0.15) is 5.82 Å². The molecule has 3 rings (SSSR count). The van der Waals surface area contributed by atoms with E-state index < -0.39 is 10.0 Å². The highest BCUT2D eigenvalue weighted by Crippen LogP contribution is 2.20. The molecule has 0 amide bonds. The highest BCUT2D eigenvalue weighted by Gasteiger charge is 2.25. The topological polar surface area (TPSA) is 89.9 Å². The third-order valence-electron chi connectivity index (χ3n) is 5.93. The standard InChI is InChI=1S/C21H36N6O2S/c1-4-22-21(23-16-18-8-14-27(15-9-18)30(3,28)29)25-19-10-12-26(13-11-19)20-7-5-6-17(2)24-20/h5-7,18-19H,4,8-16H2,1-3H3,(H2,22,23,25). The molecule has 9 heteroatoms. The number of anilines is 1. The van der Waals surface area contributed by atoms with E-state index in [0.29, 0.717) is 25.0 Å². The van der Waals surface area contributed by atoms with Gasteiger partial charge in [0.05, 0.1) is 6.26 Å². The van der Waals surface area contributed by atoms with Crippen LogP contribution in [0.1, 0.15) is 38.3 Å². The van der Waals surface area contributed by atoms with Gasteiger partial charge in [-0.25, -0.2) is 17.7 Å². The molecule has 0 unspecified atom stereocenters. The zero-order chi connectivity index (χ0) is 21.6. The number of sulfonamides is 1. The van der Waals surface area contributed by atoms with Crippen molar-refractivity contribution in [2.24, 2.45) is 10.9 Å². The number of aliphatic imine (C=N–C) groups is 1. The fourth-order valence-corrected chi connectivity index (χ4v) is 4.99. The predicted molar refractivity (Wildman–Crippen MR) is 122 cm³/mol.